The molecule has 2 aliphatic heterocycles. The number of ketones is 2. The van der Waals surface area contributed by atoms with Crippen molar-refractivity contribution in [1.82, 2.24) is 4.90 Å². The first kappa shape index (κ1) is 20.4. The molecular weight excluding hydrogens is 425 g/mol. The highest BCUT2D eigenvalue weighted by atomic mass is 19.1. The van der Waals surface area contributed by atoms with Gasteiger partial charge < -0.3 is 4.74 Å². The van der Waals surface area contributed by atoms with Gasteiger partial charge in [0.05, 0.1) is 17.9 Å². The summed E-state index contributed by atoms with van der Waals surface area (Å²) in [4.78, 5) is 56.1. The van der Waals surface area contributed by atoms with Crippen LogP contribution in [0.25, 0.3) is 0 Å². The van der Waals surface area contributed by atoms with Crippen LogP contribution in [0.4, 0.5) is 4.39 Å². The number of rotatable bonds is 2. The second-order valence-corrected chi connectivity index (χ2v) is 9.37. The van der Waals surface area contributed by atoms with Crippen LogP contribution in [0, 0.1) is 17.7 Å². The van der Waals surface area contributed by atoms with Crippen molar-refractivity contribution in [3.05, 3.63) is 71.0 Å². The van der Waals surface area contributed by atoms with Gasteiger partial charge in [-0.25, -0.2) is 4.39 Å². The van der Waals surface area contributed by atoms with Gasteiger partial charge in [0.25, 0.3) is 0 Å². The number of amides is 2. The lowest BCUT2D eigenvalue weighted by atomic mass is 9.77. The van der Waals surface area contributed by atoms with E-state index in [1.54, 1.807) is 30.3 Å². The molecule has 3 atom stereocenters. The van der Waals surface area contributed by atoms with Crippen LogP contribution in [0.3, 0.4) is 0 Å². The number of likely N-dealkylation sites (tertiary alicyclic amines) is 1. The molecule has 0 unspecified atom stereocenters. The van der Waals surface area contributed by atoms with E-state index < -0.39 is 52.7 Å². The molecular formula is C26H22FNO5. The van der Waals surface area contributed by atoms with Gasteiger partial charge in [0.15, 0.2) is 0 Å². The molecule has 6 nitrogen and oxygen atoms in total. The largest absolute Gasteiger partial charge is 0.349 e. The molecule has 6 rings (SSSR count). The maximum absolute atomic E-state index is 14.1. The first-order chi connectivity index (χ1) is 15.9. The number of nitrogens with zero attached hydrogens (tertiary/aromatic N) is 1. The Morgan fingerprint density at radius 2 is 1.52 bits per heavy atom. The molecule has 33 heavy (non-hydrogen) atoms. The summed E-state index contributed by atoms with van der Waals surface area (Å²) < 4.78 is 20.3. The number of imide groups is 1. The molecule has 2 aromatic carbocycles. The molecule has 4 aliphatic rings. The van der Waals surface area contributed by atoms with Crippen molar-refractivity contribution in [2.75, 3.05) is 0 Å². The first-order valence-corrected chi connectivity index (χ1v) is 11.4. The van der Waals surface area contributed by atoms with Gasteiger partial charge in [-0.05, 0) is 30.5 Å². The average Bonchev–Trinajstić information content (AvgIpc) is 3.40. The van der Waals surface area contributed by atoms with Gasteiger partial charge in [0.1, 0.15) is 5.82 Å². The van der Waals surface area contributed by atoms with Gasteiger partial charge >= 0.3 is 0 Å². The molecule has 2 aliphatic carbocycles. The zero-order chi connectivity index (χ0) is 22.9. The number of fused-ring (bicyclic) bond motifs is 3. The summed E-state index contributed by atoms with van der Waals surface area (Å²) in [6.07, 6.45) is 3.21. The normalized spacial score (nSPS) is 28.6. The van der Waals surface area contributed by atoms with Crippen molar-refractivity contribution in [3.63, 3.8) is 0 Å². The van der Waals surface area contributed by atoms with E-state index in [9.17, 15) is 23.6 Å². The van der Waals surface area contributed by atoms with Crippen LogP contribution in [0.5, 0.6) is 0 Å². The number of carbonyl (C=O) groups excluding carboxylic acids is 4. The Kier molecular flexibility index (Phi) is 4.43. The van der Waals surface area contributed by atoms with Crippen molar-refractivity contribution in [1.29, 1.82) is 0 Å². The summed E-state index contributed by atoms with van der Waals surface area (Å²) in [7, 11) is 0. The summed E-state index contributed by atoms with van der Waals surface area (Å²) in [5.41, 5.74) is -1.37. The standard InChI is InChI=1S/C26H22FNO5/c27-15-8-6-7-14(13-15)21-19-20(25(32)28(24(19)31)16-9-2-1-3-10-16)26(33-21)22(29)17-11-4-5-12-18(17)23(26)30/h4-8,11-13,16,19-21H,1-3,9-10H2/t19-,20+,21-/m0/s1. The fraction of sp³-hybridized carbons (Fsp3) is 0.385. The number of carbonyl (C=O) groups is 4. The molecule has 2 heterocycles. The van der Waals surface area contributed by atoms with Crippen LogP contribution in [-0.2, 0) is 14.3 Å². The van der Waals surface area contributed by atoms with Crippen LogP contribution < -0.4 is 0 Å². The van der Waals surface area contributed by atoms with Crippen molar-refractivity contribution < 1.29 is 28.3 Å². The van der Waals surface area contributed by atoms with E-state index in [0.29, 0.717) is 18.4 Å². The molecule has 1 spiro atoms. The molecule has 3 fully saturated rings. The van der Waals surface area contributed by atoms with E-state index in [1.807, 2.05) is 0 Å². The Morgan fingerprint density at radius 1 is 0.848 bits per heavy atom. The van der Waals surface area contributed by atoms with E-state index in [-0.39, 0.29) is 17.2 Å². The average molecular weight is 447 g/mol. The van der Waals surface area contributed by atoms with Gasteiger partial charge in [-0.3, -0.25) is 24.1 Å². The minimum atomic E-state index is -2.10. The molecule has 0 N–H and O–H groups in total. The zero-order valence-electron chi connectivity index (χ0n) is 17.8. The molecule has 1 saturated carbocycles. The fourth-order valence-corrected chi connectivity index (χ4v) is 6.22. The number of benzene rings is 2. The Hall–Kier alpha value is -3.19. The van der Waals surface area contributed by atoms with Crippen LogP contribution in [0.15, 0.2) is 48.5 Å². The van der Waals surface area contributed by atoms with Crippen molar-refractivity contribution in [2.24, 2.45) is 11.8 Å². The number of halogens is 1. The van der Waals surface area contributed by atoms with Crippen LogP contribution >= 0.6 is 0 Å². The lowest BCUT2D eigenvalue weighted by Crippen LogP contribution is -2.52. The van der Waals surface area contributed by atoms with Gasteiger partial charge in [-0.2, -0.15) is 0 Å². The second-order valence-electron chi connectivity index (χ2n) is 9.37. The number of hydrogen-bond acceptors (Lipinski definition) is 5. The monoisotopic (exact) mass is 447 g/mol. The van der Waals surface area contributed by atoms with E-state index in [0.717, 1.165) is 19.3 Å². The maximum Gasteiger partial charge on any atom is 0.237 e. The van der Waals surface area contributed by atoms with Crippen LogP contribution in [0.1, 0.15) is 64.5 Å². The first-order valence-electron chi connectivity index (χ1n) is 11.4. The van der Waals surface area contributed by atoms with Crippen molar-refractivity contribution in [2.45, 2.75) is 49.9 Å². The van der Waals surface area contributed by atoms with Gasteiger partial charge in [0, 0.05) is 17.2 Å². The Labute approximate surface area is 189 Å². The Bertz CT molecular complexity index is 1180. The maximum atomic E-state index is 14.1. The quantitative estimate of drug-likeness (QED) is 0.519. The van der Waals surface area contributed by atoms with E-state index in [4.69, 9.17) is 4.74 Å². The SMILES string of the molecule is O=C1[C@@H]2[C@H](c3cccc(F)c3)OC3(C(=O)c4ccccc4C3=O)[C@H]2C(=O)N1C1CCCCC1. The van der Waals surface area contributed by atoms with Gasteiger partial charge in [-0.15, -0.1) is 0 Å². The predicted octanol–water partition coefficient (Wildman–Crippen LogP) is 3.65. The minimum Gasteiger partial charge on any atom is -0.349 e. The summed E-state index contributed by atoms with van der Waals surface area (Å²) in [5.74, 6) is -4.98. The highest BCUT2D eigenvalue weighted by Crippen LogP contribution is 2.57. The summed E-state index contributed by atoms with van der Waals surface area (Å²) in [5, 5.41) is 0. The molecule has 0 bridgehead atoms. The molecule has 2 aromatic rings. The van der Waals surface area contributed by atoms with Gasteiger partial charge in [0.2, 0.25) is 29.0 Å². The van der Waals surface area contributed by atoms with E-state index >= 15 is 0 Å². The molecule has 2 saturated heterocycles. The van der Waals surface area contributed by atoms with E-state index in [2.05, 4.69) is 0 Å². The third-order valence-corrected chi connectivity index (χ3v) is 7.67. The predicted molar refractivity (Wildman–Crippen MR) is 114 cm³/mol. The third kappa shape index (κ3) is 2.63. The summed E-state index contributed by atoms with van der Waals surface area (Å²) in [6.45, 7) is 0. The van der Waals surface area contributed by atoms with Crippen LogP contribution in [-0.4, -0.2) is 39.9 Å². The van der Waals surface area contributed by atoms with Crippen molar-refractivity contribution in [3.8, 4) is 0 Å². The Morgan fingerprint density at radius 3 is 2.15 bits per heavy atom. The second kappa shape index (κ2) is 7.15. The number of hydrogen-bond donors (Lipinski definition) is 0. The number of ether oxygens (including phenoxy) is 1. The zero-order valence-corrected chi connectivity index (χ0v) is 17.8. The summed E-state index contributed by atoms with van der Waals surface area (Å²) >= 11 is 0. The lowest BCUT2D eigenvalue weighted by Gasteiger charge is -2.33. The van der Waals surface area contributed by atoms with Gasteiger partial charge in [-0.1, -0.05) is 55.7 Å². The van der Waals surface area contributed by atoms with Crippen LogP contribution in [0.2, 0.25) is 0 Å². The highest BCUT2D eigenvalue weighted by molar-refractivity contribution is 6.35. The number of Topliss-reactive ketones (excluding diaryl/α,β-unsaturated/α-hetero) is 2. The molecule has 7 heteroatoms. The molecule has 168 valence electrons. The summed E-state index contributed by atoms with van der Waals surface area (Å²) in [6, 6.07) is 11.7. The lowest BCUT2D eigenvalue weighted by molar-refractivity contribution is -0.148. The molecule has 0 radical (unpaired) electrons. The topological polar surface area (TPSA) is 80.8 Å². The van der Waals surface area contributed by atoms with Crippen molar-refractivity contribution >= 4 is 23.4 Å². The fourth-order valence-electron chi connectivity index (χ4n) is 6.22. The third-order valence-electron chi connectivity index (χ3n) is 7.67. The Balaban J connectivity index is 1.51. The molecule has 0 aromatic heterocycles. The molecule has 2 amide bonds. The minimum absolute atomic E-state index is 0.192. The smallest absolute Gasteiger partial charge is 0.237 e. The van der Waals surface area contributed by atoms with E-state index in [1.165, 1.54) is 23.1 Å². The highest BCUT2D eigenvalue weighted by Gasteiger charge is 2.75.